The molecule has 0 atom stereocenters. The van der Waals surface area contributed by atoms with Gasteiger partial charge >= 0.3 is 0 Å². The summed E-state index contributed by atoms with van der Waals surface area (Å²) in [5, 5.41) is 1.10. The van der Waals surface area contributed by atoms with Crippen molar-refractivity contribution >= 4 is 51.7 Å². The molecular formula is C45H48BrCl2N3O4. The summed E-state index contributed by atoms with van der Waals surface area (Å²) < 4.78 is 17.9. The fourth-order valence-electron chi connectivity index (χ4n) is 6.31. The number of rotatable bonds is 13. The third-order valence-electron chi connectivity index (χ3n) is 9.85. The van der Waals surface area contributed by atoms with Crippen LogP contribution < -0.4 is 14.2 Å². The maximum Gasteiger partial charge on any atom is 0.249 e. The summed E-state index contributed by atoms with van der Waals surface area (Å²) in [4.78, 5) is 22.4. The Morgan fingerprint density at radius 1 is 0.782 bits per heavy atom. The van der Waals surface area contributed by atoms with Gasteiger partial charge in [0.1, 0.15) is 24.7 Å². The van der Waals surface area contributed by atoms with Crippen molar-refractivity contribution in [3.8, 4) is 23.1 Å². The van der Waals surface area contributed by atoms with Gasteiger partial charge < -0.3 is 19.1 Å². The molecule has 1 saturated heterocycles. The van der Waals surface area contributed by atoms with Crippen LogP contribution in [0, 0.1) is 6.92 Å². The molecule has 288 valence electrons. The van der Waals surface area contributed by atoms with Crippen LogP contribution in [0.2, 0.25) is 10.0 Å². The van der Waals surface area contributed by atoms with Crippen molar-refractivity contribution in [1.82, 2.24) is 14.8 Å². The van der Waals surface area contributed by atoms with Gasteiger partial charge in [-0.15, -0.1) is 17.0 Å². The molecule has 6 rings (SSSR count). The minimum Gasteiger partial charge on any atom is -0.489 e. The Hall–Kier alpha value is -4.34. The lowest BCUT2D eigenvalue weighted by atomic mass is 9.99. The highest BCUT2D eigenvalue weighted by atomic mass is 79.9. The van der Waals surface area contributed by atoms with Gasteiger partial charge in [-0.2, -0.15) is 0 Å². The largest absolute Gasteiger partial charge is 0.489 e. The van der Waals surface area contributed by atoms with E-state index in [4.69, 9.17) is 37.4 Å². The van der Waals surface area contributed by atoms with Gasteiger partial charge in [-0.3, -0.25) is 9.69 Å². The van der Waals surface area contributed by atoms with E-state index >= 15 is 0 Å². The first kappa shape index (κ1) is 41.8. The van der Waals surface area contributed by atoms with Gasteiger partial charge in [0, 0.05) is 54.9 Å². The summed E-state index contributed by atoms with van der Waals surface area (Å²) in [5.74, 6) is 2.93. The third-order valence-corrected chi connectivity index (χ3v) is 10.5. The monoisotopic (exact) mass is 843 g/mol. The number of aromatic nitrogens is 1. The van der Waals surface area contributed by atoms with Gasteiger partial charge in [-0.1, -0.05) is 91.6 Å². The Labute approximate surface area is 345 Å². The average Bonchev–Trinajstić information content (AvgIpc) is 3.18. The standard InChI is InChI=1S/C45H47Cl2N3O4.BrH/c1-30(2)36-14-16-39(17-15-36)52-28-35-12-10-34(11-13-35)27-49-20-22-50(23-21-49)45(51)33(5)32(4)38-24-31(3)44(42(47)25-38)54-43-19-18-40(26-48-43)53-29-37-8-6-7-9-41(37)46;/h6-19,24-26,30H,20-23,27-29H2,1-5H3;1H. The molecule has 1 aromatic heterocycles. The van der Waals surface area contributed by atoms with E-state index in [2.05, 4.69) is 60.1 Å². The minimum atomic E-state index is 0. The molecule has 1 aliphatic heterocycles. The van der Waals surface area contributed by atoms with Crippen LogP contribution in [0.5, 0.6) is 23.1 Å². The summed E-state index contributed by atoms with van der Waals surface area (Å²) in [5.41, 5.74) is 7.89. The van der Waals surface area contributed by atoms with Crippen LogP contribution in [0.15, 0.2) is 109 Å². The summed E-state index contributed by atoms with van der Waals surface area (Å²) >= 11 is 13.0. The van der Waals surface area contributed by atoms with E-state index in [-0.39, 0.29) is 22.9 Å². The maximum atomic E-state index is 13.6. The van der Waals surface area contributed by atoms with E-state index in [1.54, 1.807) is 18.3 Å². The first-order valence-corrected chi connectivity index (χ1v) is 19.1. The Morgan fingerprint density at radius 2 is 1.44 bits per heavy atom. The number of ether oxygens (including phenoxy) is 3. The predicted octanol–water partition coefficient (Wildman–Crippen LogP) is 11.5. The number of pyridine rings is 1. The van der Waals surface area contributed by atoms with Crippen LogP contribution in [0.25, 0.3) is 5.57 Å². The van der Waals surface area contributed by atoms with Gasteiger partial charge in [0.25, 0.3) is 0 Å². The summed E-state index contributed by atoms with van der Waals surface area (Å²) in [6.07, 6.45) is 1.61. The van der Waals surface area contributed by atoms with E-state index in [0.29, 0.717) is 65.2 Å². The van der Waals surface area contributed by atoms with Crippen LogP contribution in [-0.2, 0) is 24.6 Å². The predicted molar refractivity (Wildman–Crippen MR) is 228 cm³/mol. The fourth-order valence-corrected chi connectivity index (χ4v) is 6.80. The molecule has 2 heterocycles. The van der Waals surface area contributed by atoms with Crippen molar-refractivity contribution in [2.24, 2.45) is 0 Å². The van der Waals surface area contributed by atoms with E-state index in [0.717, 1.165) is 53.2 Å². The highest BCUT2D eigenvalue weighted by molar-refractivity contribution is 8.93. The molecule has 7 nitrogen and oxygen atoms in total. The molecule has 0 saturated carbocycles. The number of carbonyl (C=O) groups is 1. The van der Waals surface area contributed by atoms with Crippen molar-refractivity contribution in [3.05, 3.63) is 152 Å². The molecule has 1 aliphatic rings. The van der Waals surface area contributed by atoms with E-state index in [1.165, 1.54) is 11.1 Å². The zero-order valence-corrected chi connectivity index (χ0v) is 35.2. The lowest BCUT2D eigenvalue weighted by Crippen LogP contribution is -2.48. The zero-order valence-electron chi connectivity index (χ0n) is 32.0. The summed E-state index contributed by atoms with van der Waals surface area (Å²) in [6.45, 7) is 14.9. The van der Waals surface area contributed by atoms with Crippen molar-refractivity contribution in [1.29, 1.82) is 0 Å². The number of hydrogen-bond acceptors (Lipinski definition) is 6. The number of halogens is 3. The Bertz CT molecular complexity index is 2060. The van der Waals surface area contributed by atoms with Crippen molar-refractivity contribution in [3.63, 3.8) is 0 Å². The third kappa shape index (κ3) is 11.1. The van der Waals surface area contributed by atoms with Crippen LogP contribution >= 0.6 is 40.2 Å². The molecule has 0 unspecified atom stereocenters. The lowest BCUT2D eigenvalue weighted by molar-refractivity contribution is -0.128. The molecular weight excluding hydrogens is 797 g/mol. The number of amides is 1. The number of allylic oxidation sites excluding steroid dienone is 1. The highest BCUT2D eigenvalue weighted by Crippen LogP contribution is 2.36. The number of benzene rings is 4. The highest BCUT2D eigenvalue weighted by Gasteiger charge is 2.24. The van der Waals surface area contributed by atoms with E-state index in [9.17, 15) is 4.79 Å². The first-order valence-electron chi connectivity index (χ1n) is 18.3. The molecule has 1 amide bonds. The van der Waals surface area contributed by atoms with Gasteiger partial charge in [0.05, 0.1) is 11.2 Å². The SMILES string of the molecule is Br.CC(C(=O)N1CCN(Cc2ccc(COc3ccc(C(C)C)cc3)cc2)CC1)=C(C)c1cc(C)c(Oc2ccc(OCc3ccccc3Cl)cn2)c(Cl)c1. The van der Waals surface area contributed by atoms with Gasteiger partial charge in [-0.05, 0) is 96.5 Å². The van der Waals surface area contributed by atoms with Gasteiger partial charge in [-0.25, -0.2) is 4.98 Å². The molecule has 55 heavy (non-hydrogen) atoms. The number of aryl methyl sites for hydroxylation is 1. The quantitative estimate of drug-likeness (QED) is 0.110. The number of hydrogen-bond donors (Lipinski definition) is 0. The van der Waals surface area contributed by atoms with Crippen LogP contribution in [0.4, 0.5) is 0 Å². The Balaban J connectivity index is 0.00000580. The Kier molecular flexibility index (Phi) is 14.8. The summed E-state index contributed by atoms with van der Waals surface area (Å²) in [7, 11) is 0. The second kappa shape index (κ2) is 19.5. The number of nitrogens with zero attached hydrogens (tertiary/aromatic N) is 3. The molecule has 0 aliphatic carbocycles. The van der Waals surface area contributed by atoms with Crippen molar-refractivity contribution in [2.45, 2.75) is 60.3 Å². The zero-order chi connectivity index (χ0) is 38.2. The van der Waals surface area contributed by atoms with E-state index in [1.807, 2.05) is 74.2 Å². The molecule has 10 heteroatoms. The minimum absolute atomic E-state index is 0. The van der Waals surface area contributed by atoms with Crippen LogP contribution in [0.3, 0.4) is 0 Å². The fraction of sp³-hybridized carbons (Fsp3) is 0.289. The first-order chi connectivity index (χ1) is 26.0. The number of piperazine rings is 1. The smallest absolute Gasteiger partial charge is 0.249 e. The molecule has 0 radical (unpaired) electrons. The van der Waals surface area contributed by atoms with Gasteiger partial charge in [0.2, 0.25) is 11.8 Å². The second-order valence-corrected chi connectivity index (χ2v) is 14.9. The molecule has 0 N–H and O–H groups in total. The normalized spacial score (nSPS) is 13.6. The van der Waals surface area contributed by atoms with Gasteiger partial charge in [0.15, 0.2) is 5.75 Å². The molecule has 5 aromatic rings. The lowest BCUT2D eigenvalue weighted by Gasteiger charge is -2.35. The average molecular weight is 846 g/mol. The molecule has 4 aromatic carbocycles. The van der Waals surface area contributed by atoms with Crippen molar-refractivity contribution < 1.29 is 19.0 Å². The summed E-state index contributed by atoms with van der Waals surface area (Å²) in [6, 6.07) is 31.9. The van der Waals surface area contributed by atoms with Crippen molar-refractivity contribution in [2.75, 3.05) is 26.2 Å². The van der Waals surface area contributed by atoms with E-state index < -0.39 is 0 Å². The molecule has 0 bridgehead atoms. The second-order valence-electron chi connectivity index (χ2n) is 14.1. The number of carbonyl (C=O) groups excluding carboxylic acids is 1. The Morgan fingerprint density at radius 3 is 2.07 bits per heavy atom. The van der Waals surface area contributed by atoms with Crippen LogP contribution in [0.1, 0.15) is 67.0 Å². The molecule has 1 fully saturated rings. The maximum absolute atomic E-state index is 13.6. The topological polar surface area (TPSA) is 64.1 Å². The molecule has 0 spiro atoms. The van der Waals surface area contributed by atoms with Crippen LogP contribution in [-0.4, -0.2) is 46.9 Å².